The van der Waals surface area contributed by atoms with Crippen molar-refractivity contribution in [1.82, 2.24) is 20.2 Å². The molecule has 48 heavy (non-hydrogen) atoms. The van der Waals surface area contributed by atoms with Crippen molar-refractivity contribution in [3.63, 3.8) is 0 Å². The van der Waals surface area contributed by atoms with E-state index in [9.17, 15) is 5.11 Å². The zero-order chi connectivity index (χ0) is 32.8. The van der Waals surface area contributed by atoms with E-state index in [1.54, 1.807) is 18.2 Å². The number of aromatic hydroxyl groups is 1. The number of ether oxygens (including phenoxy) is 2. The number of rotatable bonds is 7. The monoisotopic (exact) mass is 647 g/mol. The number of anilines is 1. The number of nitrogens with one attached hydrogen (secondary N) is 1. The zero-order valence-electron chi connectivity index (χ0n) is 27.7. The van der Waals surface area contributed by atoms with Gasteiger partial charge in [-0.15, -0.1) is 6.42 Å². The van der Waals surface area contributed by atoms with Crippen LogP contribution in [-0.4, -0.2) is 83.6 Å². The Balaban J connectivity index is 1.13. The van der Waals surface area contributed by atoms with Crippen LogP contribution < -0.4 is 15.0 Å². The first kappa shape index (κ1) is 30.1. The maximum absolute atomic E-state index is 15.1. The largest absolute Gasteiger partial charge is 0.508 e. The third-order valence-electron chi connectivity index (χ3n) is 11.5. The van der Waals surface area contributed by atoms with Gasteiger partial charge in [-0.25, -0.2) is 4.39 Å². The van der Waals surface area contributed by atoms with E-state index in [1.165, 1.54) is 31.7 Å². The number of hydrogen-bond acceptors (Lipinski definition) is 8. The Bertz CT molecular complexity index is 2000. The van der Waals surface area contributed by atoms with E-state index in [0.29, 0.717) is 41.0 Å². The number of phenolic OH excluding ortho intramolecular Hbond substituents is 1. The third-order valence-corrected chi connectivity index (χ3v) is 11.5. The van der Waals surface area contributed by atoms with Gasteiger partial charge in [-0.05, 0) is 104 Å². The average molecular weight is 648 g/mol. The quantitative estimate of drug-likeness (QED) is 0.242. The molecule has 2 unspecified atom stereocenters. The molecule has 3 aliphatic heterocycles. The molecule has 9 rings (SSSR count). The van der Waals surface area contributed by atoms with E-state index in [-0.39, 0.29) is 22.3 Å². The van der Waals surface area contributed by atoms with Crippen molar-refractivity contribution in [2.24, 2.45) is 5.41 Å². The minimum Gasteiger partial charge on any atom is -0.508 e. The normalized spacial score (nSPS) is 23.9. The minimum atomic E-state index is -0.458. The molecule has 1 spiro atoms. The number of halogens is 1. The van der Waals surface area contributed by atoms with E-state index < -0.39 is 5.82 Å². The number of aryl methyl sites for hydroxylation is 2. The van der Waals surface area contributed by atoms with Crippen LogP contribution in [0.1, 0.15) is 55.2 Å². The number of benzene rings is 3. The smallest absolute Gasteiger partial charge is 0.318 e. The maximum Gasteiger partial charge on any atom is 0.318 e. The van der Waals surface area contributed by atoms with Crippen molar-refractivity contribution < 1.29 is 19.0 Å². The molecule has 3 saturated heterocycles. The van der Waals surface area contributed by atoms with Gasteiger partial charge in [-0.2, -0.15) is 9.97 Å². The summed E-state index contributed by atoms with van der Waals surface area (Å²) >= 11 is 0. The molecular formula is C39H42FN5O3. The summed E-state index contributed by atoms with van der Waals surface area (Å²) in [4.78, 5) is 15.2. The summed E-state index contributed by atoms with van der Waals surface area (Å²) in [5.74, 6) is 3.10. The van der Waals surface area contributed by atoms with Crippen molar-refractivity contribution in [3.05, 3.63) is 52.8 Å². The summed E-state index contributed by atoms with van der Waals surface area (Å²) in [5.41, 5.74) is 4.66. The fourth-order valence-electron chi connectivity index (χ4n) is 8.73. The Morgan fingerprint density at radius 3 is 2.62 bits per heavy atom. The highest BCUT2D eigenvalue weighted by atomic mass is 19.1. The number of hydrogen-bond donors (Lipinski definition) is 2. The second kappa shape index (κ2) is 11.0. The summed E-state index contributed by atoms with van der Waals surface area (Å²) in [6.07, 6.45) is 12.8. The Labute approximate surface area is 280 Å². The summed E-state index contributed by atoms with van der Waals surface area (Å²) in [5, 5.41) is 16.8. The van der Waals surface area contributed by atoms with Gasteiger partial charge < -0.3 is 24.8 Å². The van der Waals surface area contributed by atoms with Crippen molar-refractivity contribution in [3.8, 4) is 35.2 Å². The lowest BCUT2D eigenvalue weighted by Crippen LogP contribution is -2.51. The zero-order valence-corrected chi connectivity index (χ0v) is 27.7. The highest BCUT2D eigenvalue weighted by Crippen LogP contribution is 2.49. The number of phenols is 1. The first-order chi connectivity index (χ1) is 23.2. The molecule has 0 amide bonds. The number of morpholine rings is 1. The molecule has 5 fully saturated rings. The highest BCUT2D eigenvalue weighted by molar-refractivity contribution is 6.06. The second-order valence-corrected chi connectivity index (χ2v) is 15.2. The van der Waals surface area contributed by atoms with Crippen LogP contribution >= 0.6 is 0 Å². The van der Waals surface area contributed by atoms with Gasteiger partial charge in [0.25, 0.3) is 0 Å². The van der Waals surface area contributed by atoms with E-state index >= 15 is 4.39 Å². The molecule has 2 N–H and O–H groups in total. The molecule has 5 aliphatic rings. The molecule has 9 heteroatoms. The molecule has 4 aromatic rings. The lowest BCUT2D eigenvalue weighted by molar-refractivity contribution is -0.0532. The molecule has 0 radical (unpaired) electrons. The van der Waals surface area contributed by atoms with Crippen LogP contribution in [0.4, 0.5) is 10.2 Å². The van der Waals surface area contributed by atoms with Gasteiger partial charge in [0.1, 0.15) is 17.4 Å². The molecule has 2 saturated carbocycles. The molecule has 8 nitrogen and oxygen atoms in total. The lowest BCUT2D eigenvalue weighted by Gasteiger charge is -2.35. The SMILES string of the molecule is C#Cc1c(F)ccc2cc(O)cc(-c3c(C)cc4c(N5CC6CCC(C5)N6)nc(OCC5(CN6CCOC7(CC7)C6)CC5)nc4c3C)c12. The third kappa shape index (κ3) is 5.17. The number of nitrogens with zero attached hydrogens (tertiary/aromatic N) is 4. The van der Waals surface area contributed by atoms with Crippen LogP contribution in [0.5, 0.6) is 11.8 Å². The van der Waals surface area contributed by atoms with Gasteiger partial charge in [0.05, 0.1) is 29.9 Å². The van der Waals surface area contributed by atoms with Crippen molar-refractivity contribution >= 4 is 27.5 Å². The Kier molecular flexibility index (Phi) is 6.92. The first-order valence-corrected chi connectivity index (χ1v) is 17.5. The van der Waals surface area contributed by atoms with Crippen molar-refractivity contribution in [2.45, 2.75) is 70.1 Å². The van der Waals surface area contributed by atoms with E-state index in [4.69, 9.17) is 25.9 Å². The van der Waals surface area contributed by atoms with Crippen LogP contribution in [0.25, 0.3) is 32.8 Å². The Hall–Kier alpha value is -3.97. The lowest BCUT2D eigenvalue weighted by atomic mass is 9.88. The predicted octanol–water partition coefficient (Wildman–Crippen LogP) is 5.86. The van der Waals surface area contributed by atoms with E-state index in [2.05, 4.69) is 34.0 Å². The van der Waals surface area contributed by atoms with Gasteiger partial charge in [0, 0.05) is 61.0 Å². The van der Waals surface area contributed by atoms with Gasteiger partial charge in [0.15, 0.2) is 0 Å². The summed E-state index contributed by atoms with van der Waals surface area (Å²) in [7, 11) is 0. The summed E-state index contributed by atoms with van der Waals surface area (Å²) in [6.45, 7) is 10.3. The minimum absolute atomic E-state index is 0.0947. The average Bonchev–Trinajstić information content (AvgIpc) is 3.99. The molecule has 1 aromatic heterocycles. The number of terminal acetylenes is 1. The molecule has 4 heterocycles. The molecule has 3 aromatic carbocycles. The van der Waals surface area contributed by atoms with Crippen molar-refractivity contribution in [1.29, 1.82) is 0 Å². The van der Waals surface area contributed by atoms with Crippen LogP contribution in [0, 0.1) is 37.4 Å². The Morgan fingerprint density at radius 2 is 1.90 bits per heavy atom. The molecular weight excluding hydrogens is 605 g/mol. The number of piperazine rings is 1. The van der Waals surface area contributed by atoms with Crippen LogP contribution in [0.2, 0.25) is 0 Å². The molecule has 248 valence electrons. The van der Waals surface area contributed by atoms with Gasteiger partial charge in [-0.1, -0.05) is 12.0 Å². The van der Waals surface area contributed by atoms with E-state index in [1.807, 2.05) is 6.92 Å². The van der Waals surface area contributed by atoms with Crippen LogP contribution in [0.3, 0.4) is 0 Å². The number of aromatic nitrogens is 2. The second-order valence-electron chi connectivity index (χ2n) is 15.2. The maximum atomic E-state index is 15.1. The van der Waals surface area contributed by atoms with E-state index in [0.717, 1.165) is 85.6 Å². The highest BCUT2D eigenvalue weighted by Gasteiger charge is 2.51. The predicted molar refractivity (Wildman–Crippen MR) is 185 cm³/mol. The van der Waals surface area contributed by atoms with Gasteiger partial charge in [0.2, 0.25) is 0 Å². The Morgan fingerprint density at radius 1 is 1.10 bits per heavy atom. The number of fused-ring (bicyclic) bond motifs is 4. The fraction of sp³-hybridized carbons (Fsp3) is 0.487. The van der Waals surface area contributed by atoms with Gasteiger partial charge >= 0.3 is 6.01 Å². The molecule has 2 aliphatic carbocycles. The topological polar surface area (TPSA) is 83.0 Å². The fourth-order valence-corrected chi connectivity index (χ4v) is 8.73. The first-order valence-electron chi connectivity index (χ1n) is 17.5. The molecule has 2 atom stereocenters. The summed E-state index contributed by atoms with van der Waals surface area (Å²) in [6, 6.07) is 9.75. The summed E-state index contributed by atoms with van der Waals surface area (Å²) < 4.78 is 27.7. The van der Waals surface area contributed by atoms with Gasteiger partial charge in [-0.3, -0.25) is 4.90 Å². The standard InChI is InChI=1S/C39H42FN5O3/c1-4-29-32(40)8-5-25-16-28(46)17-30(34(25)29)33-23(2)15-31-35(24(33)3)42-37(43-36(31)45-18-26-6-7-27(19-45)41-26)47-22-38(9-10-38)20-44-13-14-48-39(21-44)11-12-39/h1,5,8,15-17,26-27,41,46H,6-7,9-14,18-22H2,2-3H3. The van der Waals surface area contributed by atoms with Crippen LogP contribution in [0.15, 0.2) is 30.3 Å². The molecule has 2 bridgehead atoms. The van der Waals surface area contributed by atoms with Crippen molar-refractivity contribution in [2.75, 3.05) is 50.8 Å². The van der Waals surface area contributed by atoms with Crippen LogP contribution in [-0.2, 0) is 4.74 Å².